The van der Waals surface area contributed by atoms with Crippen LogP contribution < -0.4 is 10.2 Å². The number of aromatic nitrogens is 1. The number of pyridine rings is 1. The van der Waals surface area contributed by atoms with Crippen molar-refractivity contribution in [2.45, 2.75) is 26.3 Å². The number of carboxylic acid groups (broad SMARTS) is 1. The average Bonchev–Trinajstić information content (AvgIpc) is 2.37. The molecule has 1 rings (SSSR count). The van der Waals surface area contributed by atoms with Gasteiger partial charge in [0.15, 0.2) is 0 Å². The molecule has 1 heterocycles. The molecule has 0 fully saturated rings. The summed E-state index contributed by atoms with van der Waals surface area (Å²) in [6, 6.07) is 3.60. The Morgan fingerprint density at radius 2 is 2.15 bits per heavy atom. The van der Waals surface area contributed by atoms with Crippen LogP contribution >= 0.6 is 0 Å². The molecule has 1 aromatic rings. The van der Waals surface area contributed by atoms with Crippen molar-refractivity contribution < 1.29 is 9.90 Å². The van der Waals surface area contributed by atoms with E-state index in [0.29, 0.717) is 6.42 Å². The van der Waals surface area contributed by atoms with Crippen LogP contribution in [-0.2, 0) is 4.79 Å². The highest BCUT2D eigenvalue weighted by molar-refractivity contribution is 5.71. The summed E-state index contributed by atoms with van der Waals surface area (Å²) in [4.78, 5) is 17.4. The Kier molecular flexibility index (Phi) is 5.55. The zero-order valence-electron chi connectivity index (χ0n) is 12.6. The molecule has 1 aromatic heterocycles. The molecule has 5 heteroatoms. The fourth-order valence-electron chi connectivity index (χ4n) is 1.85. The number of aliphatic carboxylic acids is 1. The highest BCUT2D eigenvalue weighted by Crippen LogP contribution is 2.19. The lowest BCUT2D eigenvalue weighted by Crippen LogP contribution is -2.32. The van der Waals surface area contributed by atoms with Crippen LogP contribution in [0, 0.1) is 5.92 Å². The number of nitrogens with one attached hydrogen (secondary N) is 1. The van der Waals surface area contributed by atoms with E-state index in [-0.39, 0.29) is 6.04 Å². The Morgan fingerprint density at radius 3 is 2.55 bits per heavy atom. The van der Waals surface area contributed by atoms with E-state index in [0.717, 1.165) is 17.1 Å². The fourth-order valence-corrected chi connectivity index (χ4v) is 1.85. The maximum absolute atomic E-state index is 11.2. The molecule has 2 atom stereocenters. The van der Waals surface area contributed by atoms with Gasteiger partial charge in [0.2, 0.25) is 0 Å². The monoisotopic (exact) mass is 277 g/mol. The molecule has 20 heavy (non-hydrogen) atoms. The standard InChI is InChI=1S/C15H23N3O2/c1-10(2)8-13(11(3)15(19)20)17-12-6-7-14(16-9-12)18(4)5/h6-7,9,11,13,17H,1,8H2,2-5H3,(H,19,20). The van der Waals surface area contributed by atoms with Crippen LogP contribution in [0.1, 0.15) is 20.3 Å². The Labute approximate surface area is 120 Å². The van der Waals surface area contributed by atoms with Gasteiger partial charge in [-0.2, -0.15) is 0 Å². The SMILES string of the molecule is C=C(C)CC(Nc1ccc(N(C)C)nc1)C(C)C(=O)O. The number of nitrogens with zero attached hydrogens (tertiary/aromatic N) is 2. The lowest BCUT2D eigenvalue weighted by Gasteiger charge is -2.24. The molecule has 0 spiro atoms. The van der Waals surface area contributed by atoms with Gasteiger partial charge >= 0.3 is 5.97 Å². The molecule has 0 radical (unpaired) electrons. The van der Waals surface area contributed by atoms with Gasteiger partial charge in [-0.05, 0) is 32.4 Å². The van der Waals surface area contributed by atoms with E-state index in [9.17, 15) is 4.79 Å². The third kappa shape index (κ3) is 4.57. The molecular formula is C15H23N3O2. The molecule has 110 valence electrons. The first kappa shape index (κ1) is 16.0. The normalized spacial score (nSPS) is 13.4. The number of carbonyl (C=O) groups is 1. The maximum Gasteiger partial charge on any atom is 0.308 e. The van der Waals surface area contributed by atoms with Gasteiger partial charge in [0.25, 0.3) is 0 Å². The summed E-state index contributed by atoms with van der Waals surface area (Å²) in [6.45, 7) is 7.46. The van der Waals surface area contributed by atoms with Gasteiger partial charge in [-0.1, -0.05) is 5.57 Å². The van der Waals surface area contributed by atoms with E-state index in [2.05, 4.69) is 16.9 Å². The highest BCUT2D eigenvalue weighted by Gasteiger charge is 2.23. The van der Waals surface area contributed by atoms with Crippen molar-refractivity contribution in [2.24, 2.45) is 5.92 Å². The molecule has 0 saturated carbocycles. The second-order valence-corrected chi connectivity index (χ2v) is 5.34. The summed E-state index contributed by atoms with van der Waals surface area (Å²) in [7, 11) is 3.84. The largest absolute Gasteiger partial charge is 0.481 e. The van der Waals surface area contributed by atoms with Gasteiger partial charge in [0.05, 0.1) is 17.8 Å². The Morgan fingerprint density at radius 1 is 1.50 bits per heavy atom. The predicted octanol–water partition coefficient (Wildman–Crippen LogP) is 2.62. The van der Waals surface area contributed by atoms with Gasteiger partial charge in [0, 0.05) is 20.1 Å². The Balaban J connectivity index is 2.83. The van der Waals surface area contributed by atoms with Crippen molar-refractivity contribution in [2.75, 3.05) is 24.3 Å². The zero-order valence-corrected chi connectivity index (χ0v) is 12.6. The van der Waals surface area contributed by atoms with Crippen LogP contribution in [0.4, 0.5) is 11.5 Å². The van der Waals surface area contributed by atoms with Crippen molar-refractivity contribution in [3.63, 3.8) is 0 Å². The van der Waals surface area contributed by atoms with Crippen LogP contribution in [-0.4, -0.2) is 36.2 Å². The van der Waals surface area contributed by atoms with Crippen LogP contribution in [0.2, 0.25) is 0 Å². The summed E-state index contributed by atoms with van der Waals surface area (Å²) in [5, 5.41) is 12.4. The van der Waals surface area contributed by atoms with E-state index >= 15 is 0 Å². The minimum absolute atomic E-state index is 0.197. The first-order valence-electron chi connectivity index (χ1n) is 6.58. The van der Waals surface area contributed by atoms with Crippen molar-refractivity contribution in [1.29, 1.82) is 0 Å². The van der Waals surface area contributed by atoms with Crippen molar-refractivity contribution in [3.8, 4) is 0 Å². The van der Waals surface area contributed by atoms with Crippen LogP contribution in [0.25, 0.3) is 0 Å². The highest BCUT2D eigenvalue weighted by atomic mass is 16.4. The van der Waals surface area contributed by atoms with E-state index in [1.807, 2.05) is 38.1 Å². The summed E-state index contributed by atoms with van der Waals surface area (Å²) < 4.78 is 0. The minimum atomic E-state index is -0.818. The maximum atomic E-state index is 11.2. The molecule has 0 saturated heterocycles. The fraction of sp³-hybridized carbons (Fsp3) is 0.467. The smallest absolute Gasteiger partial charge is 0.308 e. The predicted molar refractivity (Wildman–Crippen MR) is 82.2 cm³/mol. The number of hydrogen-bond donors (Lipinski definition) is 2. The summed E-state index contributed by atoms with van der Waals surface area (Å²) in [5.41, 5.74) is 1.77. The zero-order chi connectivity index (χ0) is 15.3. The van der Waals surface area contributed by atoms with Gasteiger partial charge in [-0.15, -0.1) is 6.58 Å². The Hall–Kier alpha value is -2.04. The number of carboxylic acids is 1. The molecule has 0 bridgehead atoms. The van der Waals surface area contributed by atoms with Crippen molar-refractivity contribution >= 4 is 17.5 Å². The number of hydrogen-bond acceptors (Lipinski definition) is 4. The molecule has 0 aliphatic carbocycles. The first-order chi connectivity index (χ1) is 9.31. The summed E-state index contributed by atoms with van der Waals surface area (Å²) in [6.07, 6.45) is 2.33. The molecule has 2 unspecified atom stereocenters. The molecule has 0 aliphatic heterocycles. The van der Waals surface area contributed by atoms with Crippen LogP contribution in [0.3, 0.4) is 0 Å². The molecule has 5 nitrogen and oxygen atoms in total. The lowest BCUT2D eigenvalue weighted by molar-refractivity contribution is -0.141. The van der Waals surface area contributed by atoms with E-state index < -0.39 is 11.9 Å². The number of rotatable bonds is 7. The summed E-state index contributed by atoms with van der Waals surface area (Å²) >= 11 is 0. The van der Waals surface area contributed by atoms with Crippen molar-refractivity contribution in [1.82, 2.24) is 4.98 Å². The molecule has 0 aliphatic rings. The summed E-state index contributed by atoms with van der Waals surface area (Å²) in [5.74, 6) is -0.458. The van der Waals surface area contributed by atoms with E-state index in [4.69, 9.17) is 5.11 Å². The lowest BCUT2D eigenvalue weighted by atomic mass is 9.96. The molecule has 0 amide bonds. The van der Waals surface area contributed by atoms with Crippen LogP contribution in [0.15, 0.2) is 30.5 Å². The van der Waals surface area contributed by atoms with Gasteiger partial charge < -0.3 is 15.3 Å². The topological polar surface area (TPSA) is 65.5 Å². The van der Waals surface area contributed by atoms with Gasteiger partial charge in [-0.3, -0.25) is 4.79 Å². The minimum Gasteiger partial charge on any atom is -0.481 e. The first-order valence-corrected chi connectivity index (χ1v) is 6.58. The van der Waals surface area contributed by atoms with Crippen molar-refractivity contribution in [3.05, 3.63) is 30.5 Å². The van der Waals surface area contributed by atoms with Gasteiger partial charge in [-0.25, -0.2) is 4.98 Å². The molecular weight excluding hydrogens is 254 g/mol. The number of anilines is 2. The van der Waals surface area contributed by atoms with Gasteiger partial charge in [0.1, 0.15) is 5.82 Å². The van der Waals surface area contributed by atoms with E-state index in [1.165, 1.54) is 0 Å². The Bertz CT molecular complexity index is 469. The molecule has 2 N–H and O–H groups in total. The third-order valence-electron chi connectivity index (χ3n) is 3.12. The quantitative estimate of drug-likeness (QED) is 0.750. The second kappa shape index (κ2) is 6.93. The van der Waals surface area contributed by atoms with Crippen LogP contribution in [0.5, 0.6) is 0 Å². The third-order valence-corrected chi connectivity index (χ3v) is 3.12. The molecule has 0 aromatic carbocycles. The average molecular weight is 277 g/mol. The second-order valence-electron chi connectivity index (χ2n) is 5.34. The van der Waals surface area contributed by atoms with E-state index in [1.54, 1.807) is 13.1 Å².